The van der Waals surface area contributed by atoms with Gasteiger partial charge in [0.15, 0.2) is 0 Å². The maximum absolute atomic E-state index is 11.2. The predicted octanol–water partition coefficient (Wildman–Crippen LogP) is 2.37. The van der Waals surface area contributed by atoms with E-state index in [4.69, 9.17) is 0 Å². The molecule has 2 heterocycles. The Hall–Kier alpha value is -2.56. The molecule has 1 aromatic carbocycles. The average molecular weight is 255 g/mol. The first kappa shape index (κ1) is 11.5. The summed E-state index contributed by atoms with van der Waals surface area (Å²) < 4.78 is 0. The number of carboxylic acids is 1. The van der Waals surface area contributed by atoms with E-state index in [2.05, 4.69) is 15.2 Å². The second-order valence-electron chi connectivity index (χ2n) is 4.43. The van der Waals surface area contributed by atoms with E-state index in [-0.39, 0.29) is 5.69 Å². The molecule has 0 aliphatic rings. The first-order valence-electron chi connectivity index (χ1n) is 6.07. The van der Waals surface area contributed by atoms with Crippen LogP contribution in [0.1, 0.15) is 21.6 Å². The van der Waals surface area contributed by atoms with Gasteiger partial charge in [-0.3, -0.25) is 5.10 Å². The molecule has 3 N–H and O–H groups in total. The minimum absolute atomic E-state index is 0.250. The van der Waals surface area contributed by atoms with Gasteiger partial charge in [-0.1, -0.05) is 30.3 Å². The minimum atomic E-state index is -0.937. The molecule has 0 bridgehead atoms. The van der Waals surface area contributed by atoms with Crippen LogP contribution in [-0.2, 0) is 12.8 Å². The van der Waals surface area contributed by atoms with E-state index in [1.807, 2.05) is 30.3 Å². The van der Waals surface area contributed by atoms with Gasteiger partial charge in [0, 0.05) is 5.39 Å². The summed E-state index contributed by atoms with van der Waals surface area (Å²) in [4.78, 5) is 14.1. The Bertz CT molecular complexity index is 713. The predicted molar refractivity (Wildman–Crippen MR) is 71.3 cm³/mol. The number of nitrogens with one attached hydrogen (secondary N) is 2. The van der Waals surface area contributed by atoms with Crippen LogP contribution in [0.4, 0.5) is 0 Å². The molecule has 3 rings (SSSR count). The first-order chi connectivity index (χ1) is 9.25. The summed E-state index contributed by atoms with van der Waals surface area (Å²) in [7, 11) is 0. The highest BCUT2D eigenvalue weighted by Gasteiger charge is 2.17. The molecule has 0 amide bonds. The van der Waals surface area contributed by atoms with E-state index < -0.39 is 5.97 Å². The molecule has 0 fully saturated rings. The molecule has 2 aromatic heterocycles. The summed E-state index contributed by atoms with van der Waals surface area (Å²) in [5.41, 5.74) is 2.91. The van der Waals surface area contributed by atoms with Gasteiger partial charge in [0.1, 0.15) is 11.3 Å². The van der Waals surface area contributed by atoms with Gasteiger partial charge in [0.2, 0.25) is 0 Å². The lowest BCUT2D eigenvalue weighted by Gasteiger charge is -2.02. The maximum atomic E-state index is 11.2. The zero-order valence-corrected chi connectivity index (χ0v) is 10.2. The van der Waals surface area contributed by atoms with Crippen molar-refractivity contribution in [1.82, 2.24) is 15.2 Å². The molecular formula is C14H13N3O2. The molecule has 5 heteroatoms. The highest BCUT2D eigenvalue weighted by molar-refractivity contribution is 5.96. The van der Waals surface area contributed by atoms with Crippen LogP contribution in [0.2, 0.25) is 0 Å². The number of fused-ring (bicyclic) bond motifs is 1. The van der Waals surface area contributed by atoms with Crippen molar-refractivity contribution in [2.45, 2.75) is 12.8 Å². The second kappa shape index (κ2) is 4.61. The SMILES string of the molecule is O=C(O)c1[nH]c2[nH]ncc2c1CCc1ccccc1. The van der Waals surface area contributed by atoms with Crippen molar-refractivity contribution in [2.75, 3.05) is 0 Å². The molecule has 0 aliphatic heterocycles. The lowest BCUT2D eigenvalue weighted by atomic mass is 10.0. The lowest BCUT2D eigenvalue weighted by Crippen LogP contribution is -2.03. The number of benzene rings is 1. The second-order valence-corrected chi connectivity index (χ2v) is 4.43. The maximum Gasteiger partial charge on any atom is 0.352 e. The van der Waals surface area contributed by atoms with E-state index in [0.29, 0.717) is 12.1 Å². The number of hydrogen-bond acceptors (Lipinski definition) is 2. The quantitative estimate of drug-likeness (QED) is 0.669. The highest BCUT2D eigenvalue weighted by Crippen LogP contribution is 2.22. The summed E-state index contributed by atoms with van der Waals surface area (Å²) in [6.07, 6.45) is 3.14. The van der Waals surface area contributed by atoms with Crippen molar-refractivity contribution in [3.63, 3.8) is 0 Å². The summed E-state index contributed by atoms with van der Waals surface area (Å²) in [5, 5.41) is 16.8. The molecule has 0 unspecified atom stereocenters. The smallest absolute Gasteiger partial charge is 0.352 e. The van der Waals surface area contributed by atoms with Crippen LogP contribution in [0.15, 0.2) is 36.5 Å². The standard InChI is InChI=1S/C14H13N3O2/c18-14(19)12-10(11-8-15-17-13(11)16-12)7-6-9-4-2-1-3-5-9/h1-5,8H,6-7H2,(H,18,19)(H2,15,16,17). The van der Waals surface area contributed by atoms with Gasteiger partial charge < -0.3 is 10.1 Å². The summed E-state index contributed by atoms with van der Waals surface area (Å²) in [6, 6.07) is 10.0. The van der Waals surface area contributed by atoms with Crippen molar-refractivity contribution < 1.29 is 9.90 Å². The monoisotopic (exact) mass is 255 g/mol. The van der Waals surface area contributed by atoms with E-state index >= 15 is 0 Å². The Morgan fingerprint density at radius 1 is 1.21 bits per heavy atom. The number of aromatic nitrogens is 3. The Morgan fingerprint density at radius 2 is 2.00 bits per heavy atom. The van der Waals surface area contributed by atoms with Gasteiger partial charge in [-0.25, -0.2) is 4.79 Å². The normalized spacial score (nSPS) is 10.9. The number of aromatic carboxylic acids is 1. The fourth-order valence-corrected chi connectivity index (χ4v) is 2.30. The van der Waals surface area contributed by atoms with Crippen LogP contribution in [-0.4, -0.2) is 26.3 Å². The fraction of sp³-hybridized carbons (Fsp3) is 0.143. The molecule has 0 saturated heterocycles. The summed E-state index contributed by atoms with van der Waals surface area (Å²) in [6.45, 7) is 0. The number of rotatable bonds is 4. The molecule has 19 heavy (non-hydrogen) atoms. The van der Waals surface area contributed by atoms with E-state index in [1.54, 1.807) is 6.20 Å². The zero-order chi connectivity index (χ0) is 13.2. The Balaban J connectivity index is 1.92. The molecule has 0 aliphatic carbocycles. The third-order valence-electron chi connectivity index (χ3n) is 3.24. The number of carboxylic acid groups (broad SMARTS) is 1. The molecule has 0 radical (unpaired) electrons. The summed E-state index contributed by atoms with van der Waals surface area (Å²) >= 11 is 0. The average Bonchev–Trinajstić information content (AvgIpc) is 2.98. The van der Waals surface area contributed by atoms with E-state index in [1.165, 1.54) is 5.56 Å². The van der Waals surface area contributed by atoms with Crippen molar-refractivity contribution >= 4 is 17.0 Å². The Morgan fingerprint density at radius 3 is 2.74 bits per heavy atom. The van der Waals surface area contributed by atoms with Gasteiger partial charge in [-0.05, 0) is 24.0 Å². The molecule has 0 spiro atoms. The third-order valence-corrected chi connectivity index (χ3v) is 3.24. The van der Waals surface area contributed by atoms with Gasteiger partial charge in [0.05, 0.1) is 6.20 Å². The fourth-order valence-electron chi connectivity index (χ4n) is 2.30. The molecule has 0 atom stereocenters. The zero-order valence-electron chi connectivity index (χ0n) is 10.2. The topological polar surface area (TPSA) is 81.8 Å². The number of H-pyrrole nitrogens is 2. The lowest BCUT2D eigenvalue weighted by molar-refractivity contribution is 0.0690. The number of aromatic amines is 2. The van der Waals surface area contributed by atoms with Crippen molar-refractivity contribution in [3.8, 4) is 0 Å². The van der Waals surface area contributed by atoms with Crippen molar-refractivity contribution in [1.29, 1.82) is 0 Å². The summed E-state index contributed by atoms with van der Waals surface area (Å²) in [5.74, 6) is -0.937. The van der Waals surface area contributed by atoms with E-state index in [9.17, 15) is 9.90 Å². The molecular weight excluding hydrogens is 242 g/mol. The molecule has 0 saturated carbocycles. The number of hydrogen-bond donors (Lipinski definition) is 3. The van der Waals surface area contributed by atoms with Crippen molar-refractivity contribution in [3.05, 3.63) is 53.3 Å². The van der Waals surface area contributed by atoms with Crippen molar-refractivity contribution in [2.24, 2.45) is 0 Å². The van der Waals surface area contributed by atoms with Gasteiger partial charge in [-0.15, -0.1) is 0 Å². The van der Waals surface area contributed by atoms with Gasteiger partial charge >= 0.3 is 5.97 Å². The Kier molecular flexibility index (Phi) is 2.79. The highest BCUT2D eigenvalue weighted by atomic mass is 16.4. The van der Waals surface area contributed by atoms with Crippen LogP contribution >= 0.6 is 0 Å². The van der Waals surface area contributed by atoms with Gasteiger partial charge in [-0.2, -0.15) is 5.10 Å². The minimum Gasteiger partial charge on any atom is -0.477 e. The number of carbonyl (C=O) groups is 1. The van der Waals surface area contributed by atoms with Gasteiger partial charge in [0.25, 0.3) is 0 Å². The van der Waals surface area contributed by atoms with Crippen LogP contribution in [0.3, 0.4) is 0 Å². The molecule has 96 valence electrons. The third kappa shape index (κ3) is 2.10. The Labute approximate surface area is 109 Å². The number of nitrogens with zero attached hydrogens (tertiary/aromatic N) is 1. The number of aryl methyl sites for hydroxylation is 2. The largest absolute Gasteiger partial charge is 0.477 e. The van der Waals surface area contributed by atoms with E-state index in [0.717, 1.165) is 17.4 Å². The van der Waals surface area contributed by atoms with Crippen LogP contribution in [0.25, 0.3) is 11.0 Å². The molecule has 3 aromatic rings. The molecule has 5 nitrogen and oxygen atoms in total. The van der Waals surface area contributed by atoms with Crippen LogP contribution in [0.5, 0.6) is 0 Å². The first-order valence-corrected chi connectivity index (χ1v) is 6.07. The van der Waals surface area contributed by atoms with Crippen LogP contribution in [0, 0.1) is 0 Å². The van der Waals surface area contributed by atoms with Crippen LogP contribution < -0.4 is 0 Å².